The molecule has 108 valence electrons. The number of rotatable bonds is 0. The van der Waals surface area contributed by atoms with Gasteiger partial charge in [0.25, 0.3) is 0 Å². The summed E-state index contributed by atoms with van der Waals surface area (Å²) in [7, 11) is 0. The predicted molar refractivity (Wildman–Crippen MR) is 77.7 cm³/mol. The predicted octanol–water partition coefficient (Wildman–Crippen LogP) is 4.39. The van der Waals surface area contributed by atoms with Crippen LogP contribution in [0.2, 0.25) is 0 Å². The van der Waals surface area contributed by atoms with Gasteiger partial charge in [-0.25, -0.2) is 0 Å². The summed E-state index contributed by atoms with van der Waals surface area (Å²) in [4.78, 5) is 0. The lowest BCUT2D eigenvalue weighted by molar-refractivity contribution is -0.0637. The normalized spacial score (nSPS) is 53.8. The fraction of sp³-hybridized carbons (Fsp3) is 1.00. The van der Waals surface area contributed by atoms with Crippen LogP contribution in [0.15, 0.2) is 0 Å². The minimum atomic E-state index is 0.0316. The summed E-state index contributed by atoms with van der Waals surface area (Å²) in [6, 6.07) is 0. The first-order valence-electron chi connectivity index (χ1n) is 9.01. The van der Waals surface area contributed by atoms with E-state index in [1.807, 2.05) is 0 Å². The Kier molecular flexibility index (Phi) is 3.38. The van der Waals surface area contributed by atoms with Gasteiger partial charge in [-0.05, 0) is 86.9 Å². The summed E-state index contributed by atoms with van der Waals surface area (Å²) in [6.45, 7) is 0. The van der Waals surface area contributed by atoms with Crippen molar-refractivity contribution in [1.29, 1.82) is 0 Å². The second-order valence-electron chi connectivity index (χ2n) is 8.08. The van der Waals surface area contributed by atoms with Crippen molar-refractivity contribution in [2.45, 2.75) is 76.7 Å². The molecule has 0 aromatic rings. The molecule has 0 radical (unpaired) electrons. The van der Waals surface area contributed by atoms with Crippen LogP contribution < -0.4 is 0 Å². The largest absolute Gasteiger partial charge is 0.393 e. The second kappa shape index (κ2) is 5.06. The summed E-state index contributed by atoms with van der Waals surface area (Å²) < 4.78 is 0. The Morgan fingerprint density at radius 2 is 1.16 bits per heavy atom. The maximum absolute atomic E-state index is 10.1. The van der Waals surface area contributed by atoms with E-state index < -0.39 is 0 Å². The zero-order chi connectivity index (χ0) is 12.8. The molecule has 7 unspecified atom stereocenters. The van der Waals surface area contributed by atoms with Crippen LogP contribution in [0.1, 0.15) is 70.6 Å². The van der Waals surface area contributed by atoms with Crippen LogP contribution in [0.3, 0.4) is 0 Å². The average Bonchev–Trinajstić information content (AvgIpc) is 2.46. The second-order valence-corrected chi connectivity index (χ2v) is 8.08. The topological polar surface area (TPSA) is 20.2 Å². The summed E-state index contributed by atoms with van der Waals surface area (Å²) in [5.41, 5.74) is 0. The van der Waals surface area contributed by atoms with E-state index in [1.165, 1.54) is 57.8 Å². The lowest BCUT2D eigenvalue weighted by atomic mass is 9.51. The molecule has 19 heavy (non-hydrogen) atoms. The van der Waals surface area contributed by atoms with Gasteiger partial charge in [-0.3, -0.25) is 0 Å². The molecule has 0 heterocycles. The monoisotopic (exact) mass is 262 g/mol. The third-order valence-corrected chi connectivity index (χ3v) is 7.38. The molecule has 1 N–H and O–H groups in total. The first kappa shape index (κ1) is 12.7. The molecule has 1 heteroatoms. The quantitative estimate of drug-likeness (QED) is 0.686. The van der Waals surface area contributed by atoms with E-state index in [0.29, 0.717) is 0 Å². The summed E-state index contributed by atoms with van der Waals surface area (Å²) in [6.07, 6.45) is 15.7. The van der Waals surface area contributed by atoms with Crippen molar-refractivity contribution in [3.8, 4) is 0 Å². The number of aliphatic hydroxyl groups is 1. The zero-order valence-electron chi connectivity index (χ0n) is 12.3. The van der Waals surface area contributed by atoms with E-state index in [1.54, 1.807) is 0 Å². The third-order valence-electron chi connectivity index (χ3n) is 7.38. The maximum atomic E-state index is 10.1. The molecular formula is C18H30O. The molecule has 4 fully saturated rings. The molecule has 7 atom stereocenters. The van der Waals surface area contributed by atoms with E-state index >= 15 is 0 Å². The van der Waals surface area contributed by atoms with Crippen LogP contribution in [0.5, 0.6) is 0 Å². The third kappa shape index (κ3) is 2.17. The Balaban J connectivity index is 1.53. The molecule has 4 aliphatic rings. The first-order valence-corrected chi connectivity index (χ1v) is 9.01. The van der Waals surface area contributed by atoms with Crippen molar-refractivity contribution >= 4 is 0 Å². The van der Waals surface area contributed by atoms with E-state index in [-0.39, 0.29) is 6.10 Å². The number of fused-ring (bicyclic) bond motifs is 5. The van der Waals surface area contributed by atoms with E-state index in [0.717, 1.165) is 48.3 Å². The molecule has 0 saturated heterocycles. The van der Waals surface area contributed by atoms with Crippen LogP contribution in [0.25, 0.3) is 0 Å². The summed E-state index contributed by atoms with van der Waals surface area (Å²) in [5, 5.41) is 10.1. The maximum Gasteiger partial charge on any atom is 0.0543 e. The summed E-state index contributed by atoms with van der Waals surface area (Å²) in [5.74, 6) is 6.07. The minimum absolute atomic E-state index is 0.0316. The van der Waals surface area contributed by atoms with Crippen molar-refractivity contribution in [2.24, 2.45) is 35.5 Å². The lowest BCUT2D eigenvalue weighted by Crippen LogP contribution is -2.47. The summed E-state index contributed by atoms with van der Waals surface area (Å²) >= 11 is 0. The molecule has 0 aliphatic heterocycles. The average molecular weight is 262 g/mol. The first-order chi connectivity index (χ1) is 9.33. The standard InChI is InChI=1S/C18H30O/c19-14-8-5-13-7-9-16-15-4-2-1-3-12(15)6-10-17(16)18(13)11-14/h12-19H,1-11H2. The Labute approximate surface area is 118 Å². The molecule has 0 aromatic carbocycles. The van der Waals surface area contributed by atoms with Crippen LogP contribution >= 0.6 is 0 Å². The molecule has 4 aliphatic carbocycles. The van der Waals surface area contributed by atoms with Gasteiger partial charge in [-0.2, -0.15) is 0 Å². The fourth-order valence-corrected chi connectivity index (χ4v) is 6.59. The van der Waals surface area contributed by atoms with Crippen LogP contribution in [-0.2, 0) is 0 Å². The van der Waals surface area contributed by atoms with E-state index in [2.05, 4.69) is 0 Å². The molecule has 0 amide bonds. The van der Waals surface area contributed by atoms with Crippen molar-refractivity contribution in [3.05, 3.63) is 0 Å². The van der Waals surface area contributed by atoms with Gasteiger partial charge in [-0.15, -0.1) is 0 Å². The van der Waals surface area contributed by atoms with Crippen LogP contribution in [0, 0.1) is 35.5 Å². The van der Waals surface area contributed by atoms with Gasteiger partial charge >= 0.3 is 0 Å². The molecular weight excluding hydrogens is 232 g/mol. The fourth-order valence-electron chi connectivity index (χ4n) is 6.59. The number of hydrogen-bond donors (Lipinski definition) is 1. The number of hydrogen-bond acceptors (Lipinski definition) is 1. The Hall–Kier alpha value is -0.0400. The Morgan fingerprint density at radius 1 is 0.526 bits per heavy atom. The highest BCUT2D eigenvalue weighted by molar-refractivity contribution is 4.98. The smallest absolute Gasteiger partial charge is 0.0543 e. The van der Waals surface area contributed by atoms with Gasteiger partial charge in [0.05, 0.1) is 6.10 Å². The number of aliphatic hydroxyl groups excluding tert-OH is 1. The van der Waals surface area contributed by atoms with Crippen molar-refractivity contribution in [3.63, 3.8) is 0 Å². The van der Waals surface area contributed by atoms with Crippen molar-refractivity contribution in [2.75, 3.05) is 0 Å². The Bertz CT molecular complexity index is 326. The van der Waals surface area contributed by atoms with Gasteiger partial charge in [0.15, 0.2) is 0 Å². The van der Waals surface area contributed by atoms with Gasteiger partial charge < -0.3 is 5.11 Å². The highest BCUT2D eigenvalue weighted by atomic mass is 16.3. The van der Waals surface area contributed by atoms with Crippen molar-refractivity contribution in [1.82, 2.24) is 0 Å². The minimum Gasteiger partial charge on any atom is -0.393 e. The van der Waals surface area contributed by atoms with Gasteiger partial charge in [0.1, 0.15) is 0 Å². The molecule has 0 aromatic heterocycles. The molecule has 4 rings (SSSR count). The molecule has 4 saturated carbocycles. The molecule has 0 spiro atoms. The van der Waals surface area contributed by atoms with E-state index in [4.69, 9.17) is 0 Å². The molecule has 1 nitrogen and oxygen atoms in total. The van der Waals surface area contributed by atoms with Crippen LogP contribution in [0.4, 0.5) is 0 Å². The highest BCUT2D eigenvalue weighted by Crippen LogP contribution is 2.56. The van der Waals surface area contributed by atoms with E-state index in [9.17, 15) is 5.11 Å². The molecule has 0 bridgehead atoms. The zero-order valence-corrected chi connectivity index (χ0v) is 12.3. The van der Waals surface area contributed by atoms with Crippen LogP contribution in [-0.4, -0.2) is 11.2 Å². The lowest BCUT2D eigenvalue weighted by Gasteiger charge is -2.54. The highest BCUT2D eigenvalue weighted by Gasteiger charge is 2.48. The Morgan fingerprint density at radius 3 is 2.00 bits per heavy atom. The SMILES string of the molecule is OC1CCC2CCC3C4CCCCC4CCC3C2C1. The van der Waals surface area contributed by atoms with Crippen molar-refractivity contribution < 1.29 is 5.11 Å². The van der Waals surface area contributed by atoms with Gasteiger partial charge in [-0.1, -0.05) is 19.3 Å². The van der Waals surface area contributed by atoms with Gasteiger partial charge in [0.2, 0.25) is 0 Å². The van der Waals surface area contributed by atoms with Gasteiger partial charge in [0, 0.05) is 0 Å².